The van der Waals surface area contributed by atoms with Crippen molar-refractivity contribution in [1.29, 1.82) is 0 Å². The van der Waals surface area contributed by atoms with Gasteiger partial charge in [0.15, 0.2) is 41.6 Å². The molecule has 0 bridgehead atoms. The van der Waals surface area contributed by atoms with E-state index in [0.29, 0.717) is 23.2 Å². The third-order valence-electron chi connectivity index (χ3n) is 20.9. The first kappa shape index (κ1) is 64.7. The Morgan fingerprint density at radius 1 is 0.614 bits per heavy atom. The number of allylic oxidation sites excluding steroid dienone is 3. The van der Waals surface area contributed by atoms with E-state index in [-0.39, 0.29) is 39.6 Å². The van der Waals surface area contributed by atoms with Gasteiger partial charge in [0.2, 0.25) is 0 Å². The van der Waals surface area contributed by atoms with Crippen LogP contribution in [0.25, 0.3) is 0 Å². The molecule has 3 aliphatic rings. The van der Waals surface area contributed by atoms with Crippen LogP contribution in [0.1, 0.15) is 215 Å². The molecule has 0 N–H and O–H groups in total. The topological polar surface area (TPSA) is 46.2 Å². The lowest BCUT2D eigenvalue weighted by atomic mass is 9.60. The smallest absolute Gasteiger partial charge is 0.192 e. The van der Waals surface area contributed by atoms with Crippen LogP contribution in [-0.4, -0.2) is 71.1 Å². The van der Waals surface area contributed by atoms with Crippen molar-refractivity contribution >= 4 is 41.6 Å². The van der Waals surface area contributed by atoms with Crippen molar-refractivity contribution in [3.05, 3.63) is 23.3 Å². The molecule has 0 aliphatic heterocycles. The van der Waals surface area contributed by atoms with E-state index in [0.717, 1.165) is 44.2 Å². The molecule has 3 saturated carbocycles. The quantitative estimate of drug-likeness (QED) is 0.0731. The minimum atomic E-state index is -1.95. The maximum Gasteiger partial charge on any atom is 0.192 e. The maximum atomic E-state index is 7.68. The number of hydrogen-bond acceptors (Lipinski definition) is 5. The molecule has 0 aromatic carbocycles. The van der Waals surface area contributed by atoms with Crippen LogP contribution in [0.15, 0.2) is 23.3 Å². The zero-order chi connectivity index (χ0) is 53.4. The van der Waals surface area contributed by atoms with Crippen LogP contribution < -0.4 is 0 Å². The molecule has 5 nitrogen and oxygen atoms in total. The predicted octanol–water partition coefficient (Wildman–Crippen LogP) is 20.2. The average molecular weight is 1060 g/mol. The van der Waals surface area contributed by atoms with Gasteiger partial charge in [-0.05, 0) is 213 Å². The van der Waals surface area contributed by atoms with Gasteiger partial charge in [0.1, 0.15) is 0 Å². The molecule has 0 saturated heterocycles. The molecule has 0 heterocycles. The fraction of sp³-hybridized carbons (Fsp3) is 0.933. The van der Waals surface area contributed by atoms with Crippen molar-refractivity contribution in [3.8, 4) is 0 Å². The lowest BCUT2D eigenvalue weighted by Crippen LogP contribution is -2.54. The molecule has 70 heavy (non-hydrogen) atoms. The van der Waals surface area contributed by atoms with Gasteiger partial charge in [-0.3, -0.25) is 0 Å². The number of rotatable bonds is 28. The fourth-order valence-electron chi connectivity index (χ4n) is 13.2. The van der Waals surface area contributed by atoms with E-state index in [1.807, 2.05) is 0 Å². The SMILES string of the molecule is CC[Si](C)(CC)OC(C)(C)C(CC[C@H](CCCC(C)(C)O[Si](CC)(CC)CC)C1CCC2/C(=C/C=C3CC(O[Si](C)(C)C(C)(C)C)C[C@H](O[Si](C)(C)C(C)(C)C)C3)CCC[C@@]21C)O[Si](CC)(CC)CC. The van der Waals surface area contributed by atoms with Gasteiger partial charge >= 0.3 is 0 Å². The zero-order valence-electron chi connectivity index (χ0n) is 51.5. The Hall–Kier alpha value is 0.364. The Morgan fingerprint density at radius 2 is 1.11 bits per heavy atom. The lowest BCUT2D eigenvalue weighted by molar-refractivity contribution is -0.0369. The summed E-state index contributed by atoms with van der Waals surface area (Å²) in [5.74, 6) is 2.04. The molecule has 0 aromatic rings. The van der Waals surface area contributed by atoms with E-state index < -0.39 is 41.6 Å². The molecule has 0 amide bonds. The second-order valence-electron chi connectivity index (χ2n) is 28.4. The van der Waals surface area contributed by atoms with Crippen LogP contribution in [0, 0.1) is 23.2 Å². The van der Waals surface area contributed by atoms with E-state index in [2.05, 4.69) is 176 Å². The molecule has 0 spiro atoms. The largest absolute Gasteiger partial charge is 0.414 e. The lowest BCUT2D eigenvalue weighted by Gasteiger charge is -2.47. The summed E-state index contributed by atoms with van der Waals surface area (Å²) in [6, 6.07) is 9.50. The van der Waals surface area contributed by atoms with Gasteiger partial charge in [0, 0.05) is 0 Å². The Morgan fingerprint density at radius 3 is 1.57 bits per heavy atom. The number of hydrogen-bond donors (Lipinski definition) is 0. The predicted molar refractivity (Wildman–Crippen MR) is 321 cm³/mol. The van der Waals surface area contributed by atoms with Gasteiger partial charge in [-0.25, -0.2) is 0 Å². The standard InChI is InChI=1S/C60H122O5Si5/c1-25-68(24,26-2)65-59(17,18)55(63-69(27-3,28-4)29-5)42-39-50(35-33-43-58(15,16)64-70(30-6,31-7)32-8)54-41-40-53-49(36-34-44-60(53,54)19)38-37-48-45-51(61-66(20,21)56(9,10)11)47-52(46-48)62-67(22,23)57(12,13)14/h37-38,50-55H,25-36,39-47H2,1-24H3/b48-37?,49-38+/t50-,51+,52?,53?,54?,55?,60-/m0/s1. The summed E-state index contributed by atoms with van der Waals surface area (Å²) in [5, 5.41) is 0.369. The van der Waals surface area contributed by atoms with Crippen molar-refractivity contribution in [3.63, 3.8) is 0 Å². The van der Waals surface area contributed by atoms with Crippen molar-refractivity contribution in [2.75, 3.05) is 0 Å². The van der Waals surface area contributed by atoms with Gasteiger partial charge in [0.05, 0.1) is 29.5 Å². The van der Waals surface area contributed by atoms with Gasteiger partial charge in [-0.1, -0.05) is 140 Å². The molecule has 4 unspecified atom stereocenters. The van der Waals surface area contributed by atoms with Gasteiger partial charge in [-0.15, -0.1) is 0 Å². The Kier molecular flexibility index (Phi) is 23.7. The molecular formula is C60H122O5Si5. The molecule has 0 radical (unpaired) electrons. The second kappa shape index (κ2) is 25.7. The summed E-state index contributed by atoms with van der Waals surface area (Å²) in [4.78, 5) is 0. The average Bonchev–Trinajstić information content (AvgIpc) is 3.62. The first-order chi connectivity index (χ1) is 32.1. The molecule has 10 heteroatoms. The molecule has 0 aromatic heterocycles. The van der Waals surface area contributed by atoms with E-state index in [1.54, 1.807) is 11.1 Å². The second-order valence-corrected chi connectivity index (χ2v) is 51.8. The fourth-order valence-corrected chi connectivity index (χ4v) is 24.3. The number of fused-ring (bicyclic) bond motifs is 1. The minimum Gasteiger partial charge on any atom is -0.414 e. The van der Waals surface area contributed by atoms with Crippen molar-refractivity contribution < 1.29 is 22.1 Å². The Balaban J connectivity index is 2.06. The minimum absolute atomic E-state index is 0.0802. The summed E-state index contributed by atoms with van der Waals surface area (Å²) in [6.45, 7) is 58.0. The zero-order valence-corrected chi connectivity index (χ0v) is 56.5. The highest BCUT2D eigenvalue weighted by Crippen LogP contribution is 2.61. The van der Waals surface area contributed by atoms with E-state index in [4.69, 9.17) is 22.1 Å². The normalized spacial score (nSPS) is 26.0. The highest BCUT2D eigenvalue weighted by molar-refractivity contribution is 6.75. The first-order valence-corrected chi connectivity index (χ1v) is 43.7. The van der Waals surface area contributed by atoms with Crippen LogP contribution >= 0.6 is 0 Å². The van der Waals surface area contributed by atoms with Crippen molar-refractivity contribution in [1.82, 2.24) is 0 Å². The summed E-state index contributed by atoms with van der Waals surface area (Å²) < 4.78 is 36.8. The van der Waals surface area contributed by atoms with Gasteiger partial charge < -0.3 is 22.1 Å². The highest BCUT2D eigenvalue weighted by Gasteiger charge is 2.52. The highest BCUT2D eigenvalue weighted by atomic mass is 28.4. The third-order valence-corrected chi connectivity index (χ3v) is 43.4. The monoisotopic (exact) mass is 1060 g/mol. The van der Waals surface area contributed by atoms with Gasteiger partial charge in [-0.2, -0.15) is 0 Å². The van der Waals surface area contributed by atoms with Crippen LogP contribution in [0.5, 0.6) is 0 Å². The van der Waals surface area contributed by atoms with Crippen LogP contribution in [0.2, 0.25) is 91.2 Å². The summed E-state index contributed by atoms with van der Waals surface area (Å²) >= 11 is 0. The Bertz CT molecular complexity index is 1590. The molecule has 3 fully saturated rings. The summed E-state index contributed by atoms with van der Waals surface area (Å²) in [6.07, 6.45) is 21.5. The van der Waals surface area contributed by atoms with E-state index in [9.17, 15) is 0 Å². The Labute approximate surface area is 443 Å². The van der Waals surface area contributed by atoms with E-state index in [1.165, 1.54) is 87.6 Å². The molecular weight excluding hydrogens is 941 g/mol. The van der Waals surface area contributed by atoms with E-state index >= 15 is 0 Å². The molecule has 3 aliphatic carbocycles. The third kappa shape index (κ3) is 16.7. The first-order valence-electron chi connectivity index (χ1n) is 30.0. The van der Waals surface area contributed by atoms with Crippen molar-refractivity contribution in [2.24, 2.45) is 23.2 Å². The summed E-state index contributed by atoms with van der Waals surface area (Å²) in [7, 11) is -9.37. The molecule has 3 rings (SSSR count). The van der Waals surface area contributed by atoms with Crippen LogP contribution in [-0.2, 0) is 22.1 Å². The maximum absolute atomic E-state index is 7.68. The summed E-state index contributed by atoms with van der Waals surface area (Å²) in [5.41, 5.74) is 3.20. The van der Waals surface area contributed by atoms with Crippen LogP contribution in [0.3, 0.4) is 0 Å². The van der Waals surface area contributed by atoms with Crippen LogP contribution in [0.4, 0.5) is 0 Å². The molecule has 412 valence electrons. The molecule has 7 atom stereocenters. The van der Waals surface area contributed by atoms with Crippen molar-refractivity contribution in [2.45, 2.75) is 336 Å². The van der Waals surface area contributed by atoms with Gasteiger partial charge in [0.25, 0.3) is 0 Å².